The SMILES string of the molecule is Cc1cnc(N)nc1-c1cccc(OC(F)(F)F)c1. The number of alkyl halides is 3. The molecule has 1 aromatic carbocycles. The molecule has 0 aliphatic carbocycles. The van der Waals surface area contributed by atoms with Gasteiger partial charge in [-0.2, -0.15) is 0 Å². The van der Waals surface area contributed by atoms with Crippen molar-refractivity contribution in [3.8, 4) is 17.0 Å². The standard InChI is InChI=1S/C12H10F3N3O/c1-7-6-17-11(16)18-10(7)8-3-2-4-9(5-8)19-12(13,14)15/h2-6H,1H3,(H2,16,17,18). The largest absolute Gasteiger partial charge is 0.573 e. The molecule has 0 spiro atoms. The fraction of sp³-hybridized carbons (Fsp3) is 0.167. The van der Waals surface area contributed by atoms with Crippen LogP contribution in [0, 0.1) is 6.92 Å². The number of nitrogens with zero attached hydrogens (tertiary/aromatic N) is 2. The van der Waals surface area contributed by atoms with Crippen LogP contribution in [0.15, 0.2) is 30.5 Å². The van der Waals surface area contributed by atoms with Crippen molar-refractivity contribution in [2.75, 3.05) is 5.73 Å². The number of aryl methyl sites for hydroxylation is 1. The number of anilines is 1. The Labute approximate surface area is 107 Å². The van der Waals surface area contributed by atoms with Gasteiger partial charge in [-0.3, -0.25) is 0 Å². The lowest BCUT2D eigenvalue weighted by Gasteiger charge is -2.10. The third kappa shape index (κ3) is 3.34. The van der Waals surface area contributed by atoms with Crippen LogP contribution in [0.2, 0.25) is 0 Å². The predicted octanol–water partition coefficient (Wildman–Crippen LogP) is 2.93. The molecule has 7 heteroatoms. The zero-order chi connectivity index (χ0) is 14.0. The van der Waals surface area contributed by atoms with Gasteiger partial charge >= 0.3 is 6.36 Å². The predicted molar refractivity (Wildman–Crippen MR) is 63.3 cm³/mol. The molecular weight excluding hydrogens is 259 g/mol. The van der Waals surface area contributed by atoms with E-state index in [-0.39, 0.29) is 11.7 Å². The van der Waals surface area contributed by atoms with Crippen LogP contribution in [-0.4, -0.2) is 16.3 Å². The lowest BCUT2D eigenvalue weighted by atomic mass is 10.1. The molecule has 0 aliphatic rings. The van der Waals surface area contributed by atoms with Crippen molar-refractivity contribution >= 4 is 5.95 Å². The summed E-state index contributed by atoms with van der Waals surface area (Å²) in [6, 6.07) is 5.55. The van der Waals surface area contributed by atoms with Crippen LogP contribution >= 0.6 is 0 Å². The van der Waals surface area contributed by atoms with E-state index in [0.29, 0.717) is 16.8 Å². The summed E-state index contributed by atoms with van der Waals surface area (Å²) in [6.07, 6.45) is -3.21. The summed E-state index contributed by atoms with van der Waals surface area (Å²) in [5.41, 5.74) is 7.13. The Bertz CT molecular complexity index is 599. The number of benzene rings is 1. The number of nitrogen functional groups attached to an aromatic ring is 1. The van der Waals surface area contributed by atoms with Crippen molar-refractivity contribution in [1.29, 1.82) is 0 Å². The summed E-state index contributed by atoms with van der Waals surface area (Å²) in [7, 11) is 0. The first-order chi connectivity index (χ1) is 8.85. The molecule has 0 amide bonds. The monoisotopic (exact) mass is 269 g/mol. The van der Waals surface area contributed by atoms with Gasteiger partial charge < -0.3 is 10.5 Å². The molecule has 100 valence electrons. The summed E-state index contributed by atoms with van der Waals surface area (Å²) in [4.78, 5) is 7.81. The maximum Gasteiger partial charge on any atom is 0.573 e. The lowest BCUT2D eigenvalue weighted by Crippen LogP contribution is -2.17. The van der Waals surface area contributed by atoms with Crippen molar-refractivity contribution < 1.29 is 17.9 Å². The van der Waals surface area contributed by atoms with E-state index in [1.807, 2.05) is 0 Å². The molecule has 4 nitrogen and oxygen atoms in total. The molecule has 0 saturated heterocycles. The zero-order valence-corrected chi connectivity index (χ0v) is 9.90. The highest BCUT2D eigenvalue weighted by Crippen LogP contribution is 2.28. The van der Waals surface area contributed by atoms with Gasteiger partial charge in [0, 0.05) is 11.8 Å². The van der Waals surface area contributed by atoms with Crippen LogP contribution in [0.5, 0.6) is 5.75 Å². The second-order valence-corrected chi connectivity index (χ2v) is 3.84. The Morgan fingerprint density at radius 3 is 2.68 bits per heavy atom. The van der Waals surface area contributed by atoms with E-state index in [1.165, 1.54) is 24.4 Å². The van der Waals surface area contributed by atoms with Crippen molar-refractivity contribution in [2.24, 2.45) is 0 Å². The van der Waals surface area contributed by atoms with Gasteiger partial charge in [-0.15, -0.1) is 13.2 Å². The smallest absolute Gasteiger partial charge is 0.406 e. The molecule has 0 aliphatic heterocycles. The molecular formula is C12H10F3N3O. The van der Waals surface area contributed by atoms with E-state index in [0.717, 1.165) is 0 Å². The minimum Gasteiger partial charge on any atom is -0.406 e. The van der Waals surface area contributed by atoms with Crippen molar-refractivity contribution in [2.45, 2.75) is 13.3 Å². The molecule has 0 radical (unpaired) electrons. The summed E-state index contributed by atoms with van der Waals surface area (Å²) in [5, 5.41) is 0. The van der Waals surface area contributed by atoms with Crippen molar-refractivity contribution in [1.82, 2.24) is 9.97 Å². The van der Waals surface area contributed by atoms with Crippen LogP contribution in [0.1, 0.15) is 5.56 Å². The first kappa shape index (κ1) is 13.1. The highest BCUT2D eigenvalue weighted by molar-refractivity contribution is 5.65. The summed E-state index contributed by atoms with van der Waals surface area (Å²) in [6.45, 7) is 1.74. The van der Waals surface area contributed by atoms with Gasteiger partial charge in [-0.25, -0.2) is 9.97 Å². The van der Waals surface area contributed by atoms with Gasteiger partial charge in [-0.05, 0) is 24.6 Å². The minimum absolute atomic E-state index is 0.0581. The molecule has 2 N–H and O–H groups in total. The molecule has 0 bridgehead atoms. The third-order valence-corrected chi connectivity index (χ3v) is 2.33. The fourth-order valence-corrected chi connectivity index (χ4v) is 1.59. The molecule has 2 aromatic rings. The van der Waals surface area contributed by atoms with Crippen molar-refractivity contribution in [3.63, 3.8) is 0 Å². The zero-order valence-electron chi connectivity index (χ0n) is 9.90. The van der Waals surface area contributed by atoms with Crippen LogP contribution in [0.25, 0.3) is 11.3 Å². The first-order valence-electron chi connectivity index (χ1n) is 5.30. The fourth-order valence-electron chi connectivity index (χ4n) is 1.59. The van der Waals surface area contributed by atoms with E-state index in [2.05, 4.69) is 14.7 Å². The van der Waals surface area contributed by atoms with E-state index < -0.39 is 6.36 Å². The van der Waals surface area contributed by atoms with E-state index >= 15 is 0 Å². The van der Waals surface area contributed by atoms with Crippen LogP contribution in [-0.2, 0) is 0 Å². The molecule has 19 heavy (non-hydrogen) atoms. The van der Waals surface area contributed by atoms with Gasteiger partial charge in [0.15, 0.2) is 0 Å². The Hall–Kier alpha value is -2.31. The molecule has 0 fully saturated rings. The Balaban J connectivity index is 2.40. The maximum atomic E-state index is 12.2. The molecule has 2 rings (SSSR count). The van der Waals surface area contributed by atoms with Gasteiger partial charge in [0.1, 0.15) is 5.75 Å². The van der Waals surface area contributed by atoms with E-state index in [9.17, 15) is 13.2 Å². The molecule has 0 saturated carbocycles. The number of halogens is 3. The van der Waals surface area contributed by atoms with Crippen LogP contribution in [0.3, 0.4) is 0 Å². The summed E-state index contributed by atoms with van der Waals surface area (Å²) >= 11 is 0. The third-order valence-electron chi connectivity index (χ3n) is 2.33. The number of hydrogen-bond donors (Lipinski definition) is 1. The van der Waals surface area contributed by atoms with Crippen LogP contribution < -0.4 is 10.5 Å². The number of aromatic nitrogens is 2. The summed E-state index contributed by atoms with van der Waals surface area (Å²) < 4.78 is 40.3. The van der Waals surface area contributed by atoms with E-state index in [1.54, 1.807) is 13.0 Å². The topological polar surface area (TPSA) is 61.0 Å². The molecule has 0 atom stereocenters. The summed E-state index contributed by atoms with van der Waals surface area (Å²) in [5.74, 6) is -0.246. The Morgan fingerprint density at radius 1 is 1.26 bits per heavy atom. The van der Waals surface area contributed by atoms with E-state index in [4.69, 9.17) is 5.73 Å². The maximum absolute atomic E-state index is 12.2. The Morgan fingerprint density at radius 2 is 2.00 bits per heavy atom. The average Bonchev–Trinajstić information content (AvgIpc) is 2.30. The number of rotatable bonds is 2. The highest BCUT2D eigenvalue weighted by atomic mass is 19.4. The average molecular weight is 269 g/mol. The normalized spacial score (nSPS) is 11.4. The lowest BCUT2D eigenvalue weighted by molar-refractivity contribution is -0.274. The highest BCUT2D eigenvalue weighted by Gasteiger charge is 2.31. The van der Waals surface area contributed by atoms with Gasteiger partial charge in [0.25, 0.3) is 0 Å². The van der Waals surface area contributed by atoms with Gasteiger partial charge in [0.05, 0.1) is 5.69 Å². The first-order valence-corrected chi connectivity index (χ1v) is 5.30. The van der Waals surface area contributed by atoms with Gasteiger partial charge in [-0.1, -0.05) is 12.1 Å². The van der Waals surface area contributed by atoms with Crippen LogP contribution in [0.4, 0.5) is 19.1 Å². The Kier molecular flexibility index (Phi) is 3.28. The number of hydrogen-bond acceptors (Lipinski definition) is 4. The van der Waals surface area contributed by atoms with Gasteiger partial charge in [0.2, 0.25) is 5.95 Å². The second kappa shape index (κ2) is 4.75. The minimum atomic E-state index is -4.72. The van der Waals surface area contributed by atoms with Crippen molar-refractivity contribution in [3.05, 3.63) is 36.0 Å². The number of ether oxygens (including phenoxy) is 1. The second-order valence-electron chi connectivity index (χ2n) is 3.84. The molecule has 1 heterocycles. The molecule has 0 unspecified atom stereocenters. The molecule has 1 aromatic heterocycles. The number of nitrogens with two attached hydrogens (primary N) is 1. The quantitative estimate of drug-likeness (QED) is 0.910.